The third-order valence-electron chi connectivity index (χ3n) is 3.02. The average molecular weight is 322 g/mol. The van der Waals surface area contributed by atoms with Crippen molar-refractivity contribution < 1.29 is 4.39 Å². The van der Waals surface area contributed by atoms with Crippen LogP contribution in [0.15, 0.2) is 53.0 Å². The Hall–Kier alpha value is -1.19. The molecule has 100 valence electrons. The minimum Gasteiger partial charge on any atom is -0.325 e. The second-order valence-electron chi connectivity index (χ2n) is 5.26. The fourth-order valence-electron chi connectivity index (χ4n) is 2.24. The van der Waals surface area contributed by atoms with E-state index in [4.69, 9.17) is 5.73 Å². The second-order valence-corrected chi connectivity index (χ2v) is 6.18. The van der Waals surface area contributed by atoms with Gasteiger partial charge in [-0.1, -0.05) is 40.2 Å². The van der Waals surface area contributed by atoms with Gasteiger partial charge in [0, 0.05) is 10.0 Å². The fourth-order valence-corrected chi connectivity index (χ4v) is 2.51. The summed E-state index contributed by atoms with van der Waals surface area (Å²) in [6.07, 6.45) is 1.41. The number of benzene rings is 2. The Labute approximate surface area is 121 Å². The topological polar surface area (TPSA) is 26.0 Å². The van der Waals surface area contributed by atoms with Crippen LogP contribution in [0.2, 0.25) is 0 Å². The summed E-state index contributed by atoms with van der Waals surface area (Å²) in [6, 6.07) is 14.8. The Balaban J connectivity index is 2.07. The van der Waals surface area contributed by atoms with Gasteiger partial charge in [0.25, 0.3) is 0 Å². The summed E-state index contributed by atoms with van der Waals surface area (Å²) >= 11 is 3.41. The zero-order valence-electron chi connectivity index (χ0n) is 10.9. The van der Waals surface area contributed by atoms with Crippen LogP contribution in [0.4, 0.5) is 4.39 Å². The average Bonchev–Trinajstić information content (AvgIpc) is 2.31. The minimum absolute atomic E-state index is 0.211. The molecule has 1 nitrogen and oxygen atoms in total. The van der Waals surface area contributed by atoms with E-state index in [0.29, 0.717) is 6.42 Å². The number of hydrogen-bond donors (Lipinski definition) is 1. The molecule has 0 spiro atoms. The van der Waals surface area contributed by atoms with Crippen molar-refractivity contribution in [3.8, 4) is 0 Å². The molecular weight excluding hydrogens is 305 g/mol. The maximum absolute atomic E-state index is 13.2. The van der Waals surface area contributed by atoms with E-state index < -0.39 is 0 Å². The van der Waals surface area contributed by atoms with Gasteiger partial charge >= 0.3 is 0 Å². The SMILES string of the molecule is CC(N)(Cc1ccc(Br)cc1)Cc1cccc(F)c1. The van der Waals surface area contributed by atoms with Crippen LogP contribution in [0.1, 0.15) is 18.1 Å². The van der Waals surface area contributed by atoms with Crippen LogP contribution >= 0.6 is 15.9 Å². The summed E-state index contributed by atoms with van der Waals surface area (Å²) in [5.41, 5.74) is 8.06. The first-order valence-electron chi connectivity index (χ1n) is 6.22. The number of hydrogen-bond acceptors (Lipinski definition) is 1. The first kappa shape index (κ1) is 14.2. The molecule has 0 heterocycles. The molecule has 2 aromatic carbocycles. The molecule has 19 heavy (non-hydrogen) atoms. The van der Waals surface area contributed by atoms with Crippen LogP contribution in [0.25, 0.3) is 0 Å². The molecule has 2 aromatic rings. The molecular formula is C16H17BrFN. The van der Waals surface area contributed by atoms with Crippen molar-refractivity contribution in [3.05, 3.63) is 69.9 Å². The molecule has 0 aromatic heterocycles. The van der Waals surface area contributed by atoms with E-state index in [1.807, 2.05) is 25.1 Å². The van der Waals surface area contributed by atoms with E-state index in [2.05, 4.69) is 28.1 Å². The van der Waals surface area contributed by atoms with Crippen molar-refractivity contribution in [2.45, 2.75) is 25.3 Å². The number of rotatable bonds is 4. The Morgan fingerprint density at radius 3 is 2.32 bits per heavy atom. The molecule has 0 radical (unpaired) electrons. The van der Waals surface area contributed by atoms with Gasteiger partial charge in [0.15, 0.2) is 0 Å². The fraction of sp³-hybridized carbons (Fsp3) is 0.250. The van der Waals surface area contributed by atoms with Crippen molar-refractivity contribution >= 4 is 15.9 Å². The molecule has 0 aliphatic heterocycles. The minimum atomic E-state index is -0.387. The Bertz CT molecular complexity index is 549. The maximum atomic E-state index is 13.2. The van der Waals surface area contributed by atoms with Crippen LogP contribution in [-0.4, -0.2) is 5.54 Å². The van der Waals surface area contributed by atoms with E-state index in [0.717, 1.165) is 16.5 Å². The smallest absolute Gasteiger partial charge is 0.123 e. The van der Waals surface area contributed by atoms with Crippen LogP contribution < -0.4 is 5.73 Å². The lowest BCUT2D eigenvalue weighted by Crippen LogP contribution is -2.40. The van der Waals surface area contributed by atoms with Crippen LogP contribution in [0.5, 0.6) is 0 Å². The second kappa shape index (κ2) is 5.85. The van der Waals surface area contributed by atoms with Gasteiger partial charge in [-0.05, 0) is 55.2 Å². The number of nitrogens with two attached hydrogens (primary N) is 1. The van der Waals surface area contributed by atoms with E-state index in [1.54, 1.807) is 12.1 Å². The van der Waals surface area contributed by atoms with E-state index in [1.165, 1.54) is 11.6 Å². The highest BCUT2D eigenvalue weighted by molar-refractivity contribution is 9.10. The zero-order chi connectivity index (χ0) is 13.9. The molecule has 0 aliphatic carbocycles. The van der Waals surface area contributed by atoms with Gasteiger partial charge in [-0.25, -0.2) is 4.39 Å². The Morgan fingerprint density at radius 1 is 1.05 bits per heavy atom. The van der Waals surface area contributed by atoms with Crippen molar-refractivity contribution in [2.75, 3.05) is 0 Å². The molecule has 3 heteroatoms. The molecule has 2 N–H and O–H groups in total. The molecule has 1 unspecified atom stereocenters. The molecule has 0 aliphatic rings. The van der Waals surface area contributed by atoms with E-state index in [9.17, 15) is 4.39 Å². The van der Waals surface area contributed by atoms with Crippen molar-refractivity contribution in [1.29, 1.82) is 0 Å². The lowest BCUT2D eigenvalue weighted by molar-refractivity contribution is 0.461. The van der Waals surface area contributed by atoms with Gasteiger partial charge < -0.3 is 5.73 Å². The highest BCUT2D eigenvalue weighted by Gasteiger charge is 2.19. The molecule has 0 bridgehead atoms. The largest absolute Gasteiger partial charge is 0.325 e. The van der Waals surface area contributed by atoms with Gasteiger partial charge in [0.1, 0.15) is 5.82 Å². The first-order chi connectivity index (χ1) is 8.94. The third-order valence-corrected chi connectivity index (χ3v) is 3.55. The lowest BCUT2D eigenvalue weighted by atomic mass is 9.87. The molecule has 0 amide bonds. The molecule has 0 saturated heterocycles. The Kier molecular flexibility index (Phi) is 4.38. The van der Waals surface area contributed by atoms with Crippen LogP contribution in [0.3, 0.4) is 0 Å². The molecule has 2 rings (SSSR count). The summed E-state index contributed by atoms with van der Waals surface area (Å²) in [5.74, 6) is -0.211. The lowest BCUT2D eigenvalue weighted by Gasteiger charge is -2.25. The highest BCUT2D eigenvalue weighted by atomic mass is 79.9. The third kappa shape index (κ3) is 4.44. The molecule has 0 fully saturated rings. The van der Waals surface area contributed by atoms with E-state index in [-0.39, 0.29) is 11.4 Å². The van der Waals surface area contributed by atoms with E-state index >= 15 is 0 Å². The molecule has 0 saturated carbocycles. The van der Waals surface area contributed by atoms with Gasteiger partial charge in [-0.3, -0.25) is 0 Å². The van der Waals surface area contributed by atoms with Crippen molar-refractivity contribution in [3.63, 3.8) is 0 Å². The monoisotopic (exact) mass is 321 g/mol. The summed E-state index contributed by atoms with van der Waals surface area (Å²) in [5, 5.41) is 0. The van der Waals surface area contributed by atoms with Crippen LogP contribution in [0, 0.1) is 5.82 Å². The summed E-state index contributed by atoms with van der Waals surface area (Å²) < 4.78 is 14.2. The Morgan fingerprint density at radius 2 is 1.68 bits per heavy atom. The summed E-state index contributed by atoms with van der Waals surface area (Å²) in [6.45, 7) is 2.00. The summed E-state index contributed by atoms with van der Waals surface area (Å²) in [4.78, 5) is 0. The van der Waals surface area contributed by atoms with Gasteiger partial charge in [0.2, 0.25) is 0 Å². The van der Waals surface area contributed by atoms with Gasteiger partial charge in [-0.2, -0.15) is 0 Å². The quantitative estimate of drug-likeness (QED) is 0.901. The van der Waals surface area contributed by atoms with Crippen LogP contribution in [-0.2, 0) is 12.8 Å². The highest BCUT2D eigenvalue weighted by Crippen LogP contribution is 2.19. The van der Waals surface area contributed by atoms with Crippen molar-refractivity contribution in [2.24, 2.45) is 5.73 Å². The summed E-state index contributed by atoms with van der Waals surface area (Å²) in [7, 11) is 0. The number of halogens is 2. The molecule has 1 atom stereocenters. The van der Waals surface area contributed by atoms with Gasteiger partial charge in [0.05, 0.1) is 0 Å². The maximum Gasteiger partial charge on any atom is 0.123 e. The zero-order valence-corrected chi connectivity index (χ0v) is 12.5. The standard InChI is InChI=1S/C16H17BrFN/c1-16(19,10-12-5-7-14(17)8-6-12)11-13-3-2-4-15(18)9-13/h2-9H,10-11,19H2,1H3. The van der Waals surface area contributed by atoms with Gasteiger partial charge in [-0.15, -0.1) is 0 Å². The first-order valence-corrected chi connectivity index (χ1v) is 7.02. The normalized spacial score (nSPS) is 14.1. The predicted octanol–water partition coefficient (Wildman–Crippen LogP) is 4.09. The van der Waals surface area contributed by atoms with Crippen molar-refractivity contribution in [1.82, 2.24) is 0 Å². The predicted molar refractivity (Wildman–Crippen MR) is 80.5 cm³/mol.